The first-order chi connectivity index (χ1) is 30.6. The fourth-order valence-electron chi connectivity index (χ4n) is 6.49. The van der Waals surface area contributed by atoms with Crippen LogP contribution in [0, 0.1) is 0 Å². The standard InChI is InChI=1S/C42H50N2O18P2S/c1-55-27-19-35(59-5)29(36(20-27)60-6)11-15-39(25-9-13-33(57-3)31(17-25)43-41(45)23-63(47,48)49)65(53,54)40(16-12-30-37(61-7)21-28(56-2)22-38(30)62-8)26-10-14-34(58-4)32(18-26)44-42(46)24-64(50,51)52/h9-22,39-40H,23-24H2,1-8H3,(H,43,45)(H,44,46)(H2,47,48,49)(H2,50,51,52)/b15-11+,16-12+. The van der Waals surface area contributed by atoms with Gasteiger partial charge in [0.05, 0.1) is 79.4 Å². The highest BCUT2D eigenvalue weighted by atomic mass is 32.2. The van der Waals surface area contributed by atoms with Crippen molar-refractivity contribution in [3.05, 3.63) is 95.1 Å². The van der Waals surface area contributed by atoms with Crippen LogP contribution in [0.1, 0.15) is 32.8 Å². The van der Waals surface area contributed by atoms with Crippen LogP contribution in [0.5, 0.6) is 46.0 Å². The number of rotatable bonds is 22. The number of anilines is 2. The van der Waals surface area contributed by atoms with Crippen LogP contribution >= 0.6 is 15.2 Å². The minimum Gasteiger partial charge on any atom is -0.496 e. The van der Waals surface area contributed by atoms with Crippen LogP contribution in [-0.2, 0) is 28.6 Å². The van der Waals surface area contributed by atoms with Crippen LogP contribution in [0.15, 0.2) is 72.8 Å². The van der Waals surface area contributed by atoms with Crippen LogP contribution in [0.2, 0.25) is 0 Å². The smallest absolute Gasteiger partial charge is 0.334 e. The third-order valence-electron chi connectivity index (χ3n) is 9.44. The quantitative estimate of drug-likeness (QED) is 0.0522. The van der Waals surface area contributed by atoms with Crippen molar-refractivity contribution in [1.82, 2.24) is 0 Å². The maximum Gasteiger partial charge on any atom is 0.334 e. The van der Waals surface area contributed by atoms with Gasteiger partial charge in [-0.15, -0.1) is 0 Å². The van der Waals surface area contributed by atoms with E-state index in [9.17, 15) is 38.3 Å². The van der Waals surface area contributed by atoms with Gasteiger partial charge in [0.1, 0.15) is 68.8 Å². The molecule has 2 amide bonds. The van der Waals surface area contributed by atoms with E-state index in [-0.39, 0.29) is 57.0 Å². The van der Waals surface area contributed by atoms with Gasteiger partial charge in [-0.1, -0.05) is 24.3 Å². The molecule has 0 aliphatic rings. The van der Waals surface area contributed by atoms with Crippen molar-refractivity contribution < 1.29 is 84.6 Å². The molecule has 0 heterocycles. The van der Waals surface area contributed by atoms with Crippen LogP contribution < -0.4 is 48.5 Å². The summed E-state index contributed by atoms with van der Waals surface area (Å²) in [5.41, 5.74) is 0.355. The lowest BCUT2D eigenvalue weighted by molar-refractivity contribution is -0.115. The average molecular weight is 965 g/mol. The topological polar surface area (TPSA) is 281 Å². The second-order valence-corrected chi connectivity index (χ2v) is 19.2. The van der Waals surface area contributed by atoms with Gasteiger partial charge in [0.2, 0.25) is 11.8 Å². The fraction of sp³-hybridized carbons (Fsp3) is 0.286. The molecule has 0 saturated carbocycles. The Labute approximate surface area is 375 Å². The number of nitrogens with one attached hydrogen (secondary N) is 2. The summed E-state index contributed by atoms with van der Waals surface area (Å²) >= 11 is 0. The maximum absolute atomic E-state index is 15.7. The van der Waals surface area contributed by atoms with Gasteiger partial charge < -0.3 is 68.1 Å². The Hall–Kier alpha value is -6.05. The number of amides is 2. The van der Waals surface area contributed by atoms with Gasteiger partial charge in [-0.25, -0.2) is 8.42 Å². The second-order valence-electron chi connectivity index (χ2n) is 13.7. The molecule has 2 unspecified atom stereocenters. The molecule has 0 fully saturated rings. The first-order valence-electron chi connectivity index (χ1n) is 18.9. The first-order valence-corrected chi connectivity index (χ1v) is 24.1. The molecule has 4 rings (SSSR count). The lowest BCUT2D eigenvalue weighted by atomic mass is 10.1. The molecular weight excluding hydrogens is 914 g/mol. The number of sulfone groups is 1. The van der Waals surface area contributed by atoms with Gasteiger partial charge in [0.15, 0.2) is 9.84 Å². The number of hydrogen-bond acceptors (Lipinski definition) is 14. The van der Waals surface area contributed by atoms with E-state index < -0.39 is 59.7 Å². The molecule has 0 aliphatic heterocycles. The average Bonchev–Trinajstić information content (AvgIpc) is 3.24. The molecule has 65 heavy (non-hydrogen) atoms. The first kappa shape index (κ1) is 51.6. The summed E-state index contributed by atoms with van der Waals surface area (Å²) in [4.78, 5) is 63.6. The Morgan fingerprint density at radius 2 is 0.831 bits per heavy atom. The molecule has 0 aromatic heterocycles. The summed E-state index contributed by atoms with van der Waals surface area (Å²) in [6, 6.07) is 14.3. The van der Waals surface area contributed by atoms with E-state index in [4.69, 9.17) is 37.9 Å². The van der Waals surface area contributed by atoms with E-state index in [1.54, 1.807) is 24.3 Å². The molecular formula is C42H50N2O18P2S. The van der Waals surface area contributed by atoms with Crippen molar-refractivity contribution in [2.24, 2.45) is 0 Å². The predicted molar refractivity (Wildman–Crippen MR) is 242 cm³/mol. The van der Waals surface area contributed by atoms with E-state index in [0.29, 0.717) is 22.6 Å². The summed E-state index contributed by atoms with van der Waals surface area (Å²) in [7, 11) is -3.45. The SMILES string of the molecule is COc1cc(OC)c(/C=C/C(c2ccc(OC)c(NC(=O)CP(=O)(O)O)c2)S(=O)(=O)C(/C=C/c2c(OC)cc(OC)cc2OC)c2ccc(OC)c(NC(=O)CP(=O)(O)O)c2)c(OC)c1. The molecule has 0 bridgehead atoms. The number of benzene rings is 4. The largest absolute Gasteiger partial charge is 0.496 e. The summed E-state index contributed by atoms with van der Waals surface area (Å²) in [6.07, 6.45) is 3.16. The molecule has 4 aromatic rings. The Morgan fingerprint density at radius 1 is 0.523 bits per heavy atom. The molecule has 2 atom stereocenters. The van der Waals surface area contributed by atoms with E-state index in [1.165, 1.54) is 118 Å². The highest BCUT2D eigenvalue weighted by Crippen LogP contribution is 2.45. The van der Waals surface area contributed by atoms with Crippen molar-refractivity contribution in [3.63, 3.8) is 0 Å². The van der Waals surface area contributed by atoms with Crippen LogP contribution in [0.25, 0.3) is 12.2 Å². The van der Waals surface area contributed by atoms with Crippen molar-refractivity contribution in [3.8, 4) is 46.0 Å². The maximum atomic E-state index is 15.7. The summed E-state index contributed by atoms with van der Waals surface area (Å²) < 4.78 is 99.0. The van der Waals surface area contributed by atoms with Crippen molar-refractivity contribution in [1.29, 1.82) is 0 Å². The number of ether oxygens (including phenoxy) is 8. The second kappa shape index (κ2) is 22.2. The zero-order valence-electron chi connectivity index (χ0n) is 36.5. The van der Waals surface area contributed by atoms with Crippen molar-refractivity contribution in [2.75, 3.05) is 79.8 Å². The highest BCUT2D eigenvalue weighted by Gasteiger charge is 2.36. The van der Waals surface area contributed by atoms with E-state index >= 15 is 8.42 Å². The van der Waals surface area contributed by atoms with Gasteiger partial charge in [-0.3, -0.25) is 18.7 Å². The van der Waals surface area contributed by atoms with Gasteiger partial charge >= 0.3 is 15.2 Å². The predicted octanol–water partition coefficient (Wildman–Crippen LogP) is 5.61. The van der Waals surface area contributed by atoms with E-state index in [1.807, 2.05) is 0 Å². The highest BCUT2D eigenvalue weighted by molar-refractivity contribution is 7.92. The van der Waals surface area contributed by atoms with Gasteiger partial charge in [0, 0.05) is 24.3 Å². The van der Waals surface area contributed by atoms with Gasteiger partial charge in [0.25, 0.3) is 0 Å². The number of carbonyl (C=O) groups excluding carboxylic acids is 2. The molecule has 0 aliphatic carbocycles. The lowest BCUT2D eigenvalue weighted by Crippen LogP contribution is -2.21. The number of hydrogen-bond donors (Lipinski definition) is 6. The zero-order valence-corrected chi connectivity index (χ0v) is 39.1. The van der Waals surface area contributed by atoms with E-state index in [0.717, 1.165) is 0 Å². The number of methoxy groups -OCH3 is 8. The molecule has 20 nitrogen and oxygen atoms in total. The monoisotopic (exact) mass is 964 g/mol. The molecule has 352 valence electrons. The summed E-state index contributed by atoms with van der Waals surface area (Å²) in [5.74, 6) is -0.488. The van der Waals surface area contributed by atoms with Crippen LogP contribution in [0.3, 0.4) is 0 Å². The number of carbonyl (C=O) groups is 2. The molecule has 6 N–H and O–H groups in total. The van der Waals surface area contributed by atoms with Crippen molar-refractivity contribution >= 4 is 60.4 Å². The lowest BCUT2D eigenvalue weighted by Gasteiger charge is -2.24. The van der Waals surface area contributed by atoms with E-state index in [2.05, 4.69) is 10.6 Å². The Morgan fingerprint density at radius 3 is 1.09 bits per heavy atom. The zero-order chi connectivity index (χ0) is 48.3. The molecule has 23 heteroatoms. The van der Waals surface area contributed by atoms with Crippen LogP contribution in [0.4, 0.5) is 11.4 Å². The Balaban J connectivity index is 2.11. The summed E-state index contributed by atoms with van der Waals surface area (Å²) in [6.45, 7) is 0. The Bertz CT molecular complexity index is 2420. The molecule has 0 spiro atoms. The molecule has 0 radical (unpaired) electrons. The minimum atomic E-state index is -4.83. The molecule has 4 aromatic carbocycles. The van der Waals surface area contributed by atoms with Gasteiger partial charge in [-0.05, 0) is 47.5 Å². The Kier molecular flexibility index (Phi) is 17.6. The molecule has 0 saturated heterocycles. The fourth-order valence-corrected chi connectivity index (χ4v) is 9.36. The minimum absolute atomic E-state index is 0.0154. The van der Waals surface area contributed by atoms with Crippen LogP contribution in [-0.4, -0.2) is 109 Å². The normalized spacial score (nSPS) is 12.9. The third-order valence-corrected chi connectivity index (χ3v) is 13.1. The summed E-state index contributed by atoms with van der Waals surface area (Å²) in [5, 5.41) is 1.44. The van der Waals surface area contributed by atoms with Gasteiger partial charge in [-0.2, -0.15) is 0 Å². The third kappa shape index (κ3) is 13.5. The van der Waals surface area contributed by atoms with Crippen molar-refractivity contribution in [2.45, 2.75) is 10.5 Å².